The molecule has 0 atom stereocenters. The molecule has 1 aliphatic rings. The molecule has 1 aliphatic heterocycles. The predicted molar refractivity (Wildman–Crippen MR) is 130 cm³/mol. The van der Waals surface area contributed by atoms with E-state index < -0.39 is 23.3 Å². The van der Waals surface area contributed by atoms with Crippen molar-refractivity contribution in [2.45, 2.75) is 0 Å². The zero-order valence-electron chi connectivity index (χ0n) is 19.1. The molecule has 37 heavy (non-hydrogen) atoms. The summed E-state index contributed by atoms with van der Waals surface area (Å²) < 4.78 is 61.0. The molecule has 5 aromatic rings. The number of imidazole rings is 1. The fraction of sp³-hybridized carbons (Fsp3) is 0.160. The van der Waals surface area contributed by atoms with E-state index in [1.165, 1.54) is 22.7 Å². The maximum Gasteiger partial charge on any atom is 0.228 e. The first-order valence-corrected chi connectivity index (χ1v) is 11.4. The van der Waals surface area contributed by atoms with Gasteiger partial charge in [0, 0.05) is 62.3 Å². The number of pyridine rings is 1. The maximum atomic E-state index is 15.0. The van der Waals surface area contributed by atoms with Gasteiger partial charge in [-0.3, -0.25) is 4.40 Å². The van der Waals surface area contributed by atoms with Crippen molar-refractivity contribution in [1.29, 1.82) is 0 Å². The van der Waals surface area contributed by atoms with Gasteiger partial charge in [0.1, 0.15) is 34.5 Å². The number of hydrogen-bond donors (Lipinski definition) is 3. The van der Waals surface area contributed by atoms with Crippen LogP contribution in [0.15, 0.2) is 48.9 Å². The van der Waals surface area contributed by atoms with Gasteiger partial charge in [0.05, 0.1) is 28.5 Å². The number of nitrogens with zero attached hydrogens (tertiary/aromatic N) is 5. The van der Waals surface area contributed by atoms with E-state index in [-0.39, 0.29) is 45.2 Å². The van der Waals surface area contributed by atoms with Crippen molar-refractivity contribution in [3.05, 3.63) is 72.2 Å². The van der Waals surface area contributed by atoms with E-state index in [1.54, 1.807) is 11.1 Å². The Morgan fingerprint density at radius 1 is 0.892 bits per heavy atom. The van der Waals surface area contributed by atoms with Crippen LogP contribution in [0.5, 0.6) is 5.75 Å². The molecule has 0 aliphatic carbocycles. The lowest BCUT2D eigenvalue weighted by Crippen LogP contribution is -2.43. The van der Waals surface area contributed by atoms with Crippen LogP contribution in [0.2, 0.25) is 0 Å². The Labute approximate surface area is 207 Å². The summed E-state index contributed by atoms with van der Waals surface area (Å²) in [5.74, 6) is -3.55. The van der Waals surface area contributed by atoms with Gasteiger partial charge in [0.2, 0.25) is 5.95 Å². The Bertz CT molecular complexity index is 1670. The van der Waals surface area contributed by atoms with E-state index in [9.17, 15) is 18.3 Å². The molecule has 12 heteroatoms. The topological polar surface area (TPSA) is 90.6 Å². The molecule has 188 valence electrons. The highest BCUT2D eigenvalue weighted by atomic mass is 19.1. The SMILES string of the molecule is Oc1cc2nccn2c2cc(-c3nc(Nc4cc(F)c(N5CCNCC5)cc4F)ncc3F)cc(F)c12. The summed E-state index contributed by atoms with van der Waals surface area (Å²) >= 11 is 0. The third-order valence-electron chi connectivity index (χ3n) is 6.28. The summed E-state index contributed by atoms with van der Waals surface area (Å²) in [4.78, 5) is 13.8. The van der Waals surface area contributed by atoms with Gasteiger partial charge < -0.3 is 20.6 Å². The van der Waals surface area contributed by atoms with Crippen molar-refractivity contribution in [3.8, 4) is 17.0 Å². The van der Waals surface area contributed by atoms with E-state index in [0.717, 1.165) is 24.4 Å². The van der Waals surface area contributed by atoms with Gasteiger partial charge in [-0.15, -0.1) is 0 Å². The van der Waals surface area contributed by atoms with E-state index in [4.69, 9.17) is 0 Å². The highest BCUT2D eigenvalue weighted by molar-refractivity contribution is 5.91. The molecule has 0 unspecified atom stereocenters. The Hall–Kier alpha value is -4.45. The van der Waals surface area contributed by atoms with Crippen molar-refractivity contribution in [1.82, 2.24) is 24.7 Å². The van der Waals surface area contributed by atoms with Crippen LogP contribution in [-0.4, -0.2) is 50.6 Å². The Kier molecular flexibility index (Phi) is 5.52. The van der Waals surface area contributed by atoms with Crippen LogP contribution < -0.4 is 15.5 Å². The second-order valence-electron chi connectivity index (χ2n) is 8.57. The summed E-state index contributed by atoms with van der Waals surface area (Å²) in [7, 11) is 0. The number of rotatable bonds is 4. The molecule has 3 N–H and O–H groups in total. The molecule has 0 bridgehead atoms. The lowest BCUT2D eigenvalue weighted by molar-refractivity contribution is 0.478. The first kappa shape index (κ1) is 23.0. The standard InChI is InChI=1S/C25H19F4N7O/c26-14-10-19(35-4-1-30-2-5-35)15(27)9-18(14)33-25-32-12-17(29)24(34-25)13-7-16(28)23-20(8-13)36-6-3-31-22(36)11-21(23)37/h3,6-12,30,37H,1-2,4-5H2,(H,32,33,34). The summed E-state index contributed by atoms with van der Waals surface area (Å²) in [6.07, 6.45) is 3.91. The van der Waals surface area contributed by atoms with Gasteiger partial charge in [-0.2, -0.15) is 0 Å². The zero-order chi connectivity index (χ0) is 25.7. The number of aromatic hydroxyl groups is 1. The van der Waals surface area contributed by atoms with Crippen LogP contribution in [-0.2, 0) is 0 Å². The lowest BCUT2D eigenvalue weighted by Gasteiger charge is -2.30. The van der Waals surface area contributed by atoms with Gasteiger partial charge in [0.25, 0.3) is 0 Å². The molecule has 8 nitrogen and oxygen atoms in total. The summed E-state index contributed by atoms with van der Waals surface area (Å²) in [5, 5.41) is 15.9. The second-order valence-corrected chi connectivity index (χ2v) is 8.57. The highest BCUT2D eigenvalue weighted by Crippen LogP contribution is 2.34. The van der Waals surface area contributed by atoms with Crippen molar-refractivity contribution >= 4 is 33.9 Å². The van der Waals surface area contributed by atoms with Crippen LogP contribution in [0.3, 0.4) is 0 Å². The fourth-order valence-electron chi connectivity index (χ4n) is 4.52. The van der Waals surface area contributed by atoms with Gasteiger partial charge >= 0.3 is 0 Å². The molecule has 1 saturated heterocycles. The third-order valence-corrected chi connectivity index (χ3v) is 6.28. The molecule has 0 saturated carbocycles. The van der Waals surface area contributed by atoms with Crippen molar-refractivity contribution in [2.24, 2.45) is 0 Å². The quantitative estimate of drug-likeness (QED) is 0.310. The number of aromatic nitrogens is 4. The minimum absolute atomic E-state index is 0.0502. The first-order valence-electron chi connectivity index (χ1n) is 11.4. The monoisotopic (exact) mass is 509 g/mol. The number of anilines is 3. The van der Waals surface area contributed by atoms with Gasteiger partial charge in [-0.1, -0.05) is 0 Å². The van der Waals surface area contributed by atoms with Gasteiger partial charge in [0.15, 0.2) is 5.82 Å². The summed E-state index contributed by atoms with van der Waals surface area (Å²) in [5.41, 5.74) is 0.303. The highest BCUT2D eigenvalue weighted by Gasteiger charge is 2.20. The third kappa shape index (κ3) is 4.04. The largest absolute Gasteiger partial charge is 0.507 e. The van der Waals surface area contributed by atoms with Crippen LogP contribution >= 0.6 is 0 Å². The van der Waals surface area contributed by atoms with Crippen LogP contribution in [0.1, 0.15) is 0 Å². The summed E-state index contributed by atoms with van der Waals surface area (Å²) in [6, 6.07) is 5.88. The van der Waals surface area contributed by atoms with E-state index in [2.05, 4.69) is 25.6 Å². The number of benzene rings is 2. The molecule has 6 rings (SSSR count). The number of halogens is 4. The van der Waals surface area contributed by atoms with E-state index in [1.807, 2.05) is 0 Å². The lowest BCUT2D eigenvalue weighted by atomic mass is 10.1. The van der Waals surface area contributed by atoms with Gasteiger partial charge in [-0.25, -0.2) is 32.5 Å². The number of nitrogens with one attached hydrogen (secondary N) is 2. The number of piperazine rings is 1. The first-order chi connectivity index (χ1) is 17.9. The molecule has 0 spiro atoms. The van der Waals surface area contributed by atoms with Gasteiger partial charge in [-0.05, 0) is 12.1 Å². The zero-order valence-corrected chi connectivity index (χ0v) is 19.1. The Morgan fingerprint density at radius 2 is 1.70 bits per heavy atom. The van der Waals surface area contributed by atoms with E-state index in [0.29, 0.717) is 31.8 Å². The van der Waals surface area contributed by atoms with Crippen molar-refractivity contribution in [2.75, 3.05) is 36.4 Å². The normalized spacial score (nSPS) is 14.0. The molecule has 3 aromatic heterocycles. The minimum atomic E-state index is -0.855. The Balaban J connectivity index is 1.38. The molecule has 4 heterocycles. The predicted octanol–water partition coefficient (Wildman–Crippen LogP) is 4.36. The second kappa shape index (κ2) is 8.89. The molecule has 0 radical (unpaired) electrons. The summed E-state index contributed by atoms with van der Waals surface area (Å²) in [6.45, 7) is 2.40. The van der Waals surface area contributed by atoms with Crippen LogP contribution in [0.4, 0.5) is 34.9 Å². The molecule has 0 amide bonds. The Morgan fingerprint density at radius 3 is 2.51 bits per heavy atom. The smallest absolute Gasteiger partial charge is 0.228 e. The van der Waals surface area contributed by atoms with Crippen LogP contribution in [0, 0.1) is 23.3 Å². The molecular weight excluding hydrogens is 490 g/mol. The fourth-order valence-corrected chi connectivity index (χ4v) is 4.52. The maximum absolute atomic E-state index is 15.0. The van der Waals surface area contributed by atoms with Crippen LogP contribution in [0.25, 0.3) is 27.8 Å². The van der Waals surface area contributed by atoms with E-state index >= 15 is 4.39 Å². The molecule has 1 fully saturated rings. The average Bonchev–Trinajstić information content (AvgIpc) is 3.36. The van der Waals surface area contributed by atoms with Crippen molar-refractivity contribution in [3.63, 3.8) is 0 Å². The minimum Gasteiger partial charge on any atom is -0.507 e. The average molecular weight is 509 g/mol. The number of hydrogen-bond acceptors (Lipinski definition) is 7. The molecule has 2 aromatic carbocycles. The number of fused-ring (bicyclic) bond motifs is 3. The molecular formula is C25H19F4N7O. The van der Waals surface area contributed by atoms with Crippen molar-refractivity contribution < 1.29 is 22.7 Å².